The van der Waals surface area contributed by atoms with Gasteiger partial charge in [-0.05, 0) is 30.7 Å². The number of ether oxygens (including phenoxy) is 1. The van der Waals surface area contributed by atoms with Crippen LogP contribution in [0, 0.1) is 6.92 Å². The normalized spacial score (nSPS) is 16.9. The van der Waals surface area contributed by atoms with Crippen molar-refractivity contribution in [2.45, 2.75) is 26.0 Å². The van der Waals surface area contributed by atoms with Gasteiger partial charge in [0.2, 0.25) is 5.88 Å². The number of hydrogen-bond acceptors (Lipinski definition) is 4. The predicted molar refractivity (Wildman–Crippen MR) is 121 cm³/mol. The first-order valence-electron chi connectivity index (χ1n) is 9.20. The molecule has 4 rings (SSSR count). The third kappa shape index (κ3) is 4.73. The molecule has 1 saturated heterocycles. The van der Waals surface area contributed by atoms with E-state index in [1.807, 2.05) is 24.3 Å². The number of guanidine groups is 1. The lowest BCUT2D eigenvalue weighted by atomic mass is 10.2. The summed E-state index contributed by atoms with van der Waals surface area (Å²) in [6.07, 6.45) is 2.81. The molecule has 0 spiro atoms. The van der Waals surface area contributed by atoms with Crippen LogP contribution in [0.5, 0.6) is 5.88 Å². The molecule has 28 heavy (non-hydrogen) atoms. The number of aliphatic imine (C=N–C) groups is 1. The third-order valence-corrected chi connectivity index (χ3v) is 4.68. The number of hydrogen-bond donors (Lipinski definition) is 2. The Morgan fingerprint density at radius 3 is 3.04 bits per heavy atom. The van der Waals surface area contributed by atoms with E-state index in [9.17, 15) is 0 Å². The van der Waals surface area contributed by atoms with Gasteiger partial charge in [-0.25, -0.2) is 9.97 Å². The number of nitrogens with one attached hydrogen (secondary N) is 2. The van der Waals surface area contributed by atoms with Gasteiger partial charge < -0.3 is 19.9 Å². The van der Waals surface area contributed by atoms with Crippen molar-refractivity contribution in [1.29, 1.82) is 0 Å². The first-order valence-corrected chi connectivity index (χ1v) is 9.20. The van der Waals surface area contributed by atoms with E-state index in [4.69, 9.17) is 4.74 Å². The Morgan fingerprint density at radius 1 is 1.36 bits per heavy atom. The van der Waals surface area contributed by atoms with E-state index >= 15 is 0 Å². The molecule has 1 aliphatic rings. The zero-order valence-electron chi connectivity index (χ0n) is 16.1. The van der Waals surface area contributed by atoms with Crippen LogP contribution in [0.1, 0.15) is 17.8 Å². The summed E-state index contributed by atoms with van der Waals surface area (Å²) in [5, 5.41) is 3.40. The van der Waals surface area contributed by atoms with Gasteiger partial charge in [0.05, 0.1) is 24.1 Å². The molecule has 2 aromatic heterocycles. The Balaban J connectivity index is 0.00000225. The number of aromatic amines is 1. The minimum atomic E-state index is 0. The Morgan fingerprint density at radius 2 is 2.25 bits per heavy atom. The van der Waals surface area contributed by atoms with Crippen molar-refractivity contribution in [2.24, 2.45) is 4.99 Å². The highest BCUT2D eigenvalue weighted by atomic mass is 127. The lowest BCUT2D eigenvalue weighted by molar-refractivity contribution is 0.205. The number of imidazole rings is 1. The second kappa shape index (κ2) is 9.22. The van der Waals surface area contributed by atoms with Crippen molar-refractivity contribution >= 4 is 41.0 Å². The average molecular weight is 492 g/mol. The number of benzene rings is 1. The molecule has 148 valence electrons. The summed E-state index contributed by atoms with van der Waals surface area (Å²) in [6.45, 7) is 4.37. The average Bonchev–Trinajstić information content (AvgIpc) is 3.29. The van der Waals surface area contributed by atoms with E-state index < -0.39 is 0 Å². The zero-order valence-corrected chi connectivity index (χ0v) is 18.4. The number of halogens is 1. The summed E-state index contributed by atoms with van der Waals surface area (Å²) in [4.78, 5) is 18.9. The summed E-state index contributed by atoms with van der Waals surface area (Å²) in [5.74, 6) is 2.43. The number of pyridine rings is 1. The highest BCUT2D eigenvalue weighted by molar-refractivity contribution is 14.0. The van der Waals surface area contributed by atoms with Gasteiger partial charge in [-0.3, -0.25) is 4.99 Å². The molecule has 1 fully saturated rings. The summed E-state index contributed by atoms with van der Waals surface area (Å²) >= 11 is 0. The SMILES string of the molecule is CN=C(NCc1nc2ccc(C)cc2[nH]1)N1CCC(Oc2ccccn2)C1.I. The van der Waals surface area contributed by atoms with Crippen LogP contribution in [-0.4, -0.2) is 52.1 Å². The van der Waals surface area contributed by atoms with Gasteiger partial charge >= 0.3 is 0 Å². The molecular weight excluding hydrogens is 467 g/mol. The standard InChI is InChI=1S/C20H24N6O.HI/c1-14-6-7-16-17(11-14)25-18(24-16)12-23-20(21-2)26-10-8-15(13-26)27-19-5-3-4-9-22-19;/h3-7,9,11,15H,8,10,12-13H2,1-2H3,(H,21,23)(H,24,25);1H. The molecule has 1 unspecified atom stereocenters. The van der Waals surface area contributed by atoms with E-state index in [1.165, 1.54) is 5.56 Å². The Hall–Kier alpha value is -2.36. The number of likely N-dealkylation sites (tertiary alicyclic amines) is 1. The Labute approximate surface area is 181 Å². The van der Waals surface area contributed by atoms with Gasteiger partial charge in [-0.1, -0.05) is 12.1 Å². The van der Waals surface area contributed by atoms with Crippen molar-refractivity contribution in [3.05, 3.63) is 54.0 Å². The van der Waals surface area contributed by atoms with Crippen LogP contribution in [0.15, 0.2) is 47.6 Å². The van der Waals surface area contributed by atoms with E-state index in [1.54, 1.807) is 13.2 Å². The third-order valence-electron chi connectivity index (χ3n) is 4.68. The summed E-state index contributed by atoms with van der Waals surface area (Å²) < 4.78 is 5.96. The molecule has 0 saturated carbocycles. The van der Waals surface area contributed by atoms with Gasteiger partial charge in [0.15, 0.2) is 5.96 Å². The molecule has 1 aromatic carbocycles. The summed E-state index contributed by atoms with van der Waals surface area (Å²) in [6, 6.07) is 11.9. The minimum absolute atomic E-state index is 0. The number of aryl methyl sites for hydroxylation is 1. The molecule has 1 aliphatic heterocycles. The van der Waals surface area contributed by atoms with Crippen LogP contribution in [-0.2, 0) is 6.54 Å². The van der Waals surface area contributed by atoms with E-state index in [0.717, 1.165) is 42.3 Å². The summed E-state index contributed by atoms with van der Waals surface area (Å²) in [5.41, 5.74) is 3.27. The van der Waals surface area contributed by atoms with Crippen LogP contribution >= 0.6 is 24.0 Å². The highest BCUT2D eigenvalue weighted by Gasteiger charge is 2.26. The number of aromatic nitrogens is 3. The largest absolute Gasteiger partial charge is 0.472 e. The van der Waals surface area contributed by atoms with Crippen molar-refractivity contribution < 1.29 is 4.74 Å². The topological polar surface area (TPSA) is 78.4 Å². The van der Waals surface area contributed by atoms with Crippen molar-refractivity contribution in [3.8, 4) is 5.88 Å². The first-order chi connectivity index (χ1) is 13.2. The molecule has 1 atom stereocenters. The van der Waals surface area contributed by atoms with Crippen LogP contribution < -0.4 is 10.1 Å². The second-order valence-electron chi connectivity index (χ2n) is 6.75. The van der Waals surface area contributed by atoms with Crippen LogP contribution in [0.2, 0.25) is 0 Å². The smallest absolute Gasteiger partial charge is 0.213 e. The maximum atomic E-state index is 5.96. The lowest BCUT2D eigenvalue weighted by Gasteiger charge is -2.21. The maximum Gasteiger partial charge on any atom is 0.213 e. The fraction of sp³-hybridized carbons (Fsp3) is 0.350. The van der Waals surface area contributed by atoms with E-state index in [0.29, 0.717) is 12.4 Å². The van der Waals surface area contributed by atoms with Gasteiger partial charge in [-0.15, -0.1) is 24.0 Å². The highest BCUT2D eigenvalue weighted by Crippen LogP contribution is 2.17. The molecule has 3 heterocycles. The fourth-order valence-corrected chi connectivity index (χ4v) is 3.36. The van der Waals surface area contributed by atoms with Crippen molar-refractivity contribution in [2.75, 3.05) is 20.1 Å². The van der Waals surface area contributed by atoms with E-state index in [-0.39, 0.29) is 30.1 Å². The molecule has 0 radical (unpaired) electrons. The van der Waals surface area contributed by atoms with Crippen molar-refractivity contribution in [3.63, 3.8) is 0 Å². The molecule has 0 amide bonds. The Bertz CT molecular complexity index is 942. The molecule has 7 nitrogen and oxygen atoms in total. The Kier molecular flexibility index (Phi) is 6.71. The number of rotatable bonds is 4. The van der Waals surface area contributed by atoms with Gasteiger partial charge in [-0.2, -0.15) is 0 Å². The van der Waals surface area contributed by atoms with Crippen LogP contribution in [0.25, 0.3) is 11.0 Å². The first kappa shape index (κ1) is 20.4. The van der Waals surface area contributed by atoms with E-state index in [2.05, 4.69) is 49.2 Å². The molecular formula is C20H25IN6O. The van der Waals surface area contributed by atoms with Gasteiger partial charge in [0.25, 0.3) is 0 Å². The molecule has 8 heteroatoms. The number of nitrogens with zero attached hydrogens (tertiary/aromatic N) is 4. The maximum absolute atomic E-state index is 5.96. The molecule has 2 N–H and O–H groups in total. The zero-order chi connectivity index (χ0) is 18.6. The monoisotopic (exact) mass is 492 g/mol. The molecule has 0 bridgehead atoms. The number of H-pyrrole nitrogens is 1. The lowest BCUT2D eigenvalue weighted by Crippen LogP contribution is -2.40. The van der Waals surface area contributed by atoms with Gasteiger partial charge in [0, 0.05) is 32.3 Å². The second-order valence-corrected chi connectivity index (χ2v) is 6.75. The van der Waals surface area contributed by atoms with Crippen LogP contribution in [0.4, 0.5) is 0 Å². The fourth-order valence-electron chi connectivity index (χ4n) is 3.36. The quantitative estimate of drug-likeness (QED) is 0.333. The molecule has 3 aromatic rings. The van der Waals surface area contributed by atoms with Crippen LogP contribution in [0.3, 0.4) is 0 Å². The van der Waals surface area contributed by atoms with Gasteiger partial charge in [0.1, 0.15) is 11.9 Å². The number of fused-ring (bicyclic) bond motifs is 1. The summed E-state index contributed by atoms with van der Waals surface area (Å²) in [7, 11) is 1.80. The molecule has 0 aliphatic carbocycles. The predicted octanol–water partition coefficient (Wildman–Crippen LogP) is 3.11. The van der Waals surface area contributed by atoms with Crippen molar-refractivity contribution in [1.82, 2.24) is 25.2 Å². The minimum Gasteiger partial charge on any atom is -0.472 e.